The Balaban J connectivity index is 1.96. The van der Waals surface area contributed by atoms with Crippen molar-refractivity contribution in [3.63, 3.8) is 0 Å². The first kappa shape index (κ1) is 15.6. The van der Waals surface area contributed by atoms with E-state index in [1.165, 1.54) is 0 Å². The molecule has 23 heavy (non-hydrogen) atoms. The van der Waals surface area contributed by atoms with Crippen LogP contribution in [0.1, 0.15) is 52.4 Å². The maximum Gasteiger partial charge on any atom is 0.258 e. The summed E-state index contributed by atoms with van der Waals surface area (Å²) in [6.07, 6.45) is 0. The second-order valence-corrected chi connectivity index (χ2v) is 6.32. The van der Waals surface area contributed by atoms with Crippen LogP contribution in [-0.4, -0.2) is 21.0 Å². The second-order valence-electron chi connectivity index (χ2n) is 6.32. The summed E-state index contributed by atoms with van der Waals surface area (Å²) in [6, 6.07) is 11.5. The van der Waals surface area contributed by atoms with Crippen molar-refractivity contribution in [2.45, 2.75) is 39.5 Å². The van der Waals surface area contributed by atoms with E-state index in [-0.39, 0.29) is 29.7 Å². The Morgan fingerprint density at radius 1 is 1.17 bits per heavy atom. The number of benzene rings is 2. The Labute approximate surface area is 136 Å². The number of aromatic hydroxyl groups is 1. The maximum atomic E-state index is 12.9. The number of fused-ring (bicyclic) bond motifs is 1. The van der Waals surface area contributed by atoms with Gasteiger partial charge in [-0.05, 0) is 34.7 Å². The smallest absolute Gasteiger partial charge is 0.258 e. The lowest BCUT2D eigenvalue weighted by atomic mass is 9.96. The molecule has 1 aliphatic rings. The molecule has 0 spiro atoms. The van der Waals surface area contributed by atoms with Crippen LogP contribution in [0.5, 0.6) is 5.75 Å². The van der Waals surface area contributed by atoms with Crippen LogP contribution in [0.3, 0.4) is 0 Å². The van der Waals surface area contributed by atoms with Crippen LogP contribution in [0, 0.1) is 0 Å². The third kappa shape index (κ3) is 2.82. The molecule has 0 aromatic heterocycles. The zero-order valence-corrected chi connectivity index (χ0v) is 13.4. The first-order valence-electron chi connectivity index (χ1n) is 7.84. The molecule has 2 aromatic rings. The van der Waals surface area contributed by atoms with Crippen molar-refractivity contribution in [1.82, 2.24) is 4.90 Å². The van der Waals surface area contributed by atoms with Gasteiger partial charge < -0.3 is 15.1 Å². The van der Waals surface area contributed by atoms with Crippen molar-refractivity contribution in [2.24, 2.45) is 0 Å². The van der Waals surface area contributed by atoms with Gasteiger partial charge in [0.25, 0.3) is 5.91 Å². The summed E-state index contributed by atoms with van der Waals surface area (Å²) in [5.74, 6) is -0.100. The molecule has 0 fully saturated rings. The molecule has 2 N–H and O–H groups in total. The number of phenols is 1. The number of hydrogen-bond acceptors (Lipinski definition) is 3. The lowest BCUT2D eigenvalue weighted by Gasteiger charge is -2.19. The van der Waals surface area contributed by atoms with Gasteiger partial charge in [0.05, 0.1) is 12.2 Å². The molecule has 0 saturated carbocycles. The molecule has 2 aromatic carbocycles. The van der Waals surface area contributed by atoms with Crippen LogP contribution in [0.4, 0.5) is 0 Å². The van der Waals surface area contributed by atoms with Gasteiger partial charge >= 0.3 is 0 Å². The Morgan fingerprint density at radius 2 is 1.78 bits per heavy atom. The van der Waals surface area contributed by atoms with Gasteiger partial charge in [0, 0.05) is 18.7 Å². The van der Waals surface area contributed by atoms with Gasteiger partial charge in [-0.15, -0.1) is 0 Å². The maximum absolute atomic E-state index is 12.9. The molecular formula is C19H21NO3. The number of hydrogen-bond donors (Lipinski definition) is 2. The van der Waals surface area contributed by atoms with Crippen molar-refractivity contribution >= 4 is 5.91 Å². The van der Waals surface area contributed by atoms with Crippen molar-refractivity contribution in [3.05, 3.63) is 64.2 Å². The van der Waals surface area contributed by atoms with Crippen LogP contribution in [-0.2, 0) is 19.7 Å². The largest absolute Gasteiger partial charge is 0.507 e. The SMILES string of the molecule is CC(C)c1cc(CO)c(O)c(C(=O)N2Cc3ccccc3C2)c1. The number of aliphatic hydroxyl groups excluding tert-OH is 1. The molecule has 1 aliphatic heterocycles. The van der Waals surface area contributed by atoms with E-state index in [0.29, 0.717) is 18.7 Å². The zero-order chi connectivity index (χ0) is 16.6. The monoisotopic (exact) mass is 311 g/mol. The molecule has 0 bridgehead atoms. The van der Waals surface area contributed by atoms with Crippen LogP contribution in [0.15, 0.2) is 36.4 Å². The highest BCUT2D eigenvalue weighted by Crippen LogP contribution is 2.31. The fraction of sp³-hybridized carbons (Fsp3) is 0.316. The van der Waals surface area contributed by atoms with Crippen molar-refractivity contribution in [1.29, 1.82) is 0 Å². The van der Waals surface area contributed by atoms with Gasteiger partial charge in [-0.2, -0.15) is 0 Å². The van der Waals surface area contributed by atoms with Gasteiger partial charge in [0.2, 0.25) is 0 Å². The molecule has 0 atom stereocenters. The quantitative estimate of drug-likeness (QED) is 0.915. The number of carbonyl (C=O) groups excluding carboxylic acids is 1. The summed E-state index contributed by atoms with van der Waals surface area (Å²) in [6.45, 7) is 4.86. The lowest BCUT2D eigenvalue weighted by Crippen LogP contribution is -2.25. The van der Waals surface area contributed by atoms with E-state index in [9.17, 15) is 15.0 Å². The summed E-state index contributed by atoms with van der Waals surface area (Å²) in [7, 11) is 0. The van der Waals surface area contributed by atoms with Crippen LogP contribution in [0.2, 0.25) is 0 Å². The van der Waals surface area contributed by atoms with E-state index in [4.69, 9.17) is 0 Å². The average molecular weight is 311 g/mol. The van der Waals surface area contributed by atoms with Crippen molar-refractivity contribution in [3.8, 4) is 5.75 Å². The molecular weight excluding hydrogens is 290 g/mol. The predicted octanol–water partition coefficient (Wildman–Crippen LogP) is 3.16. The van der Waals surface area contributed by atoms with Gasteiger partial charge in [0.1, 0.15) is 5.75 Å². The third-order valence-corrected chi connectivity index (χ3v) is 4.41. The van der Waals surface area contributed by atoms with Crippen molar-refractivity contribution < 1.29 is 15.0 Å². The molecule has 3 rings (SSSR count). The Bertz CT molecular complexity index is 727. The first-order valence-corrected chi connectivity index (χ1v) is 7.84. The van der Waals surface area contributed by atoms with E-state index in [1.54, 1.807) is 17.0 Å². The molecule has 4 heteroatoms. The fourth-order valence-electron chi connectivity index (χ4n) is 2.98. The molecule has 0 radical (unpaired) electrons. The Kier molecular flexibility index (Phi) is 4.09. The van der Waals surface area contributed by atoms with Crippen molar-refractivity contribution in [2.75, 3.05) is 0 Å². The predicted molar refractivity (Wildman–Crippen MR) is 88.1 cm³/mol. The molecule has 0 unspecified atom stereocenters. The minimum atomic E-state index is -0.285. The molecule has 120 valence electrons. The van der Waals surface area contributed by atoms with Gasteiger partial charge in [0.15, 0.2) is 0 Å². The van der Waals surface area contributed by atoms with Gasteiger partial charge in [-0.3, -0.25) is 4.79 Å². The third-order valence-electron chi connectivity index (χ3n) is 4.41. The number of aliphatic hydroxyl groups is 1. The molecule has 1 amide bonds. The van der Waals surface area contributed by atoms with Crippen LogP contribution < -0.4 is 0 Å². The minimum Gasteiger partial charge on any atom is -0.507 e. The van der Waals surface area contributed by atoms with Gasteiger partial charge in [-0.25, -0.2) is 0 Å². The average Bonchev–Trinajstić information content (AvgIpc) is 2.98. The second kappa shape index (κ2) is 6.05. The number of amides is 1. The fourth-order valence-corrected chi connectivity index (χ4v) is 2.98. The number of rotatable bonds is 3. The van der Waals surface area contributed by atoms with E-state index >= 15 is 0 Å². The summed E-state index contributed by atoms with van der Waals surface area (Å²) in [5.41, 5.74) is 3.89. The van der Waals surface area contributed by atoms with Crippen LogP contribution in [0.25, 0.3) is 0 Å². The summed E-state index contributed by atoms with van der Waals surface area (Å²) >= 11 is 0. The highest BCUT2D eigenvalue weighted by molar-refractivity contribution is 5.97. The normalized spacial score (nSPS) is 13.5. The van der Waals surface area contributed by atoms with E-state index in [0.717, 1.165) is 16.7 Å². The van der Waals surface area contributed by atoms with Crippen LogP contribution >= 0.6 is 0 Å². The minimum absolute atomic E-state index is 0.113. The van der Waals surface area contributed by atoms with E-state index in [1.807, 2.05) is 38.1 Å². The topological polar surface area (TPSA) is 60.8 Å². The molecule has 0 saturated heterocycles. The van der Waals surface area contributed by atoms with E-state index in [2.05, 4.69) is 0 Å². The highest BCUT2D eigenvalue weighted by atomic mass is 16.3. The highest BCUT2D eigenvalue weighted by Gasteiger charge is 2.27. The standard InChI is InChI=1S/C19H21NO3/c1-12(2)15-7-16(11-21)18(22)17(8-15)19(23)20-9-13-5-3-4-6-14(13)10-20/h3-8,12,21-22H,9-11H2,1-2H3. The van der Waals surface area contributed by atoms with E-state index < -0.39 is 0 Å². The Hall–Kier alpha value is -2.33. The number of nitrogens with zero attached hydrogens (tertiary/aromatic N) is 1. The Morgan fingerprint density at radius 3 is 2.30 bits per heavy atom. The zero-order valence-electron chi connectivity index (χ0n) is 13.4. The lowest BCUT2D eigenvalue weighted by molar-refractivity contribution is 0.0748. The molecule has 4 nitrogen and oxygen atoms in total. The summed E-state index contributed by atoms with van der Waals surface area (Å²) in [4.78, 5) is 14.6. The summed E-state index contributed by atoms with van der Waals surface area (Å²) in [5, 5.41) is 19.8. The molecule has 1 heterocycles. The molecule has 0 aliphatic carbocycles. The van der Waals surface area contributed by atoms with Gasteiger partial charge in [-0.1, -0.05) is 38.1 Å². The number of carbonyl (C=O) groups is 1. The first-order chi connectivity index (χ1) is 11.0. The summed E-state index contributed by atoms with van der Waals surface area (Å²) < 4.78 is 0.